The number of imidazole rings is 1. The molecule has 0 saturated heterocycles. The number of para-hydroxylation sites is 2. The lowest BCUT2D eigenvalue weighted by Crippen LogP contribution is -2.21. The first-order valence-corrected chi connectivity index (χ1v) is 7.84. The first-order valence-electron chi connectivity index (χ1n) is 7.84. The molecular formula is C19H20N4O. The van der Waals surface area contributed by atoms with Crippen LogP contribution in [0, 0.1) is 13.8 Å². The van der Waals surface area contributed by atoms with Crippen LogP contribution in [-0.2, 0) is 18.3 Å². The Morgan fingerprint density at radius 3 is 2.79 bits per heavy atom. The summed E-state index contributed by atoms with van der Waals surface area (Å²) >= 11 is 0. The summed E-state index contributed by atoms with van der Waals surface area (Å²) in [4.78, 5) is 16.6. The summed E-state index contributed by atoms with van der Waals surface area (Å²) in [6.07, 6.45) is 1.86. The zero-order valence-corrected chi connectivity index (χ0v) is 14.1. The van der Waals surface area contributed by atoms with E-state index in [0.717, 1.165) is 28.0 Å². The monoisotopic (exact) mass is 320 g/mol. The van der Waals surface area contributed by atoms with E-state index in [9.17, 15) is 4.79 Å². The number of fused-ring (bicyclic) bond motifs is 1. The van der Waals surface area contributed by atoms with E-state index >= 15 is 0 Å². The largest absolute Gasteiger partial charge is 0.331 e. The standard InChI is InChI=1S/C19H20N4O/c1-13-8-9-15(14(2)10-13)12-20-22-19(24)11-18-21-16-6-4-5-7-17(16)23(18)3/h4-10,12H,11H2,1-3H3,(H,22,24)/b20-12+. The molecule has 0 aliphatic rings. The number of nitrogens with one attached hydrogen (secondary N) is 1. The number of nitrogens with zero attached hydrogens (tertiary/aromatic N) is 3. The molecule has 0 spiro atoms. The molecule has 3 aromatic rings. The number of benzene rings is 2. The summed E-state index contributed by atoms with van der Waals surface area (Å²) in [6, 6.07) is 13.9. The van der Waals surface area contributed by atoms with Crippen LogP contribution in [0.5, 0.6) is 0 Å². The molecule has 0 fully saturated rings. The molecule has 0 atom stereocenters. The first kappa shape index (κ1) is 15.9. The summed E-state index contributed by atoms with van der Waals surface area (Å²) in [6.45, 7) is 4.07. The predicted octanol–water partition coefficient (Wildman–Crippen LogP) is 2.88. The summed E-state index contributed by atoms with van der Waals surface area (Å²) < 4.78 is 1.93. The van der Waals surface area contributed by atoms with Gasteiger partial charge in [-0.1, -0.05) is 35.9 Å². The van der Waals surface area contributed by atoms with Gasteiger partial charge in [-0.3, -0.25) is 4.79 Å². The number of rotatable bonds is 4. The Morgan fingerprint density at radius 1 is 1.25 bits per heavy atom. The van der Waals surface area contributed by atoms with Gasteiger partial charge in [-0.2, -0.15) is 5.10 Å². The molecule has 0 aliphatic heterocycles. The quantitative estimate of drug-likeness (QED) is 0.593. The number of hydrazone groups is 1. The molecule has 0 bridgehead atoms. The Labute approximate surface area is 141 Å². The van der Waals surface area contributed by atoms with E-state index in [1.54, 1.807) is 6.21 Å². The van der Waals surface area contributed by atoms with Gasteiger partial charge in [-0.25, -0.2) is 10.4 Å². The van der Waals surface area contributed by atoms with Crippen LogP contribution < -0.4 is 5.43 Å². The molecule has 1 aromatic heterocycles. The highest BCUT2D eigenvalue weighted by molar-refractivity contribution is 5.85. The number of carbonyl (C=O) groups is 1. The molecule has 3 rings (SSSR count). The van der Waals surface area contributed by atoms with E-state index < -0.39 is 0 Å². The molecule has 0 saturated carbocycles. The summed E-state index contributed by atoms with van der Waals surface area (Å²) in [7, 11) is 1.91. The normalized spacial score (nSPS) is 11.3. The fraction of sp³-hybridized carbons (Fsp3) is 0.211. The average Bonchev–Trinajstić information content (AvgIpc) is 2.86. The van der Waals surface area contributed by atoms with Gasteiger partial charge >= 0.3 is 0 Å². The van der Waals surface area contributed by atoms with Crippen molar-refractivity contribution in [1.82, 2.24) is 15.0 Å². The van der Waals surface area contributed by atoms with Crippen LogP contribution in [0.4, 0.5) is 0 Å². The van der Waals surface area contributed by atoms with Gasteiger partial charge in [0.2, 0.25) is 5.91 Å². The number of amides is 1. The second-order valence-electron chi connectivity index (χ2n) is 5.91. The minimum Gasteiger partial charge on any atom is -0.331 e. The van der Waals surface area contributed by atoms with E-state index in [1.165, 1.54) is 5.56 Å². The van der Waals surface area contributed by atoms with E-state index in [1.807, 2.05) is 61.9 Å². The molecule has 122 valence electrons. The third-order valence-electron chi connectivity index (χ3n) is 4.02. The minimum atomic E-state index is -0.186. The van der Waals surface area contributed by atoms with Crippen molar-refractivity contribution in [2.24, 2.45) is 12.1 Å². The van der Waals surface area contributed by atoms with Gasteiger partial charge in [0, 0.05) is 7.05 Å². The molecule has 5 nitrogen and oxygen atoms in total. The highest BCUT2D eigenvalue weighted by atomic mass is 16.2. The topological polar surface area (TPSA) is 59.3 Å². The van der Waals surface area contributed by atoms with Gasteiger partial charge in [0.15, 0.2) is 0 Å². The minimum absolute atomic E-state index is 0.186. The SMILES string of the molecule is Cc1ccc(/C=N/NC(=O)Cc2nc3ccccc3n2C)c(C)c1. The van der Waals surface area contributed by atoms with E-state index in [4.69, 9.17) is 0 Å². The van der Waals surface area contributed by atoms with E-state index in [2.05, 4.69) is 21.6 Å². The van der Waals surface area contributed by atoms with Crippen LogP contribution in [0.2, 0.25) is 0 Å². The Hall–Kier alpha value is -2.95. The molecule has 2 aromatic carbocycles. The first-order chi connectivity index (χ1) is 11.5. The van der Waals surface area contributed by atoms with E-state index in [0.29, 0.717) is 0 Å². The summed E-state index contributed by atoms with van der Waals surface area (Å²) in [5.74, 6) is 0.532. The number of hydrogen-bond donors (Lipinski definition) is 1. The third kappa shape index (κ3) is 3.35. The Kier molecular flexibility index (Phi) is 4.42. The molecule has 0 aliphatic carbocycles. The maximum Gasteiger partial charge on any atom is 0.247 e. The summed E-state index contributed by atoms with van der Waals surface area (Å²) in [5, 5.41) is 4.05. The van der Waals surface area contributed by atoms with Crippen molar-refractivity contribution >= 4 is 23.2 Å². The predicted molar refractivity (Wildman–Crippen MR) is 96.1 cm³/mol. The smallest absolute Gasteiger partial charge is 0.247 e. The second kappa shape index (κ2) is 6.66. The Morgan fingerprint density at radius 2 is 2.04 bits per heavy atom. The van der Waals surface area contributed by atoms with Crippen LogP contribution in [0.25, 0.3) is 11.0 Å². The van der Waals surface area contributed by atoms with Crippen molar-refractivity contribution in [2.75, 3.05) is 0 Å². The van der Waals surface area contributed by atoms with Crippen molar-refractivity contribution in [3.8, 4) is 0 Å². The molecular weight excluding hydrogens is 300 g/mol. The van der Waals surface area contributed by atoms with Crippen molar-refractivity contribution < 1.29 is 4.79 Å². The van der Waals surface area contributed by atoms with Gasteiger partial charge in [-0.05, 0) is 37.1 Å². The van der Waals surface area contributed by atoms with Crippen LogP contribution in [0.3, 0.4) is 0 Å². The van der Waals surface area contributed by atoms with Gasteiger partial charge in [0.05, 0.1) is 23.7 Å². The number of carbonyl (C=O) groups excluding carboxylic acids is 1. The van der Waals surface area contributed by atoms with E-state index in [-0.39, 0.29) is 12.3 Å². The molecule has 0 radical (unpaired) electrons. The second-order valence-corrected chi connectivity index (χ2v) is 5.91. The van der Waals surface area contributed by atoms with Crippen LogP contribution in [-0.4, -0.2) is 21.7 Å². The average molecular weight is 320 g/mol. The van der Waals surface area contributed by atoms with Crippen LogP contribution >= 0.6 is 0 Å². The highest BCUT2D eigenvalue weighted by Gasteiger charge is 2.10. The maximum atomic E-state index is 12.1. The zero-order chi connectivity index (χ0) is 17.1. The lowest BCUT2D eigenvalue weighted by atomic mass is 10.1. The summed E-state index contributed by atoms with van der Waals surface area (Å²) in [5.41, 5.74) is 7.80. The van der Waals surface area contributed by atoms with Gasteiger partial charge in [0.25, 0.3) is 0 Å². The van der Waals surface area contributed by atoms with Crippen LogP contribution in [0.1, 0.15) is 22.5 Å². The molecule has 0 unspecified atom stereocenters. The van der Waals surface area contributed by atoms with Crippen molar-refractivity contribution in [3.05, 3.63) is 65.0 Å². The van der Waals surface area contributed by atoms with Gasteiger partial charge in [-0.15, -0.1) is 0 Å². The Balaban J connectivity index is 1.66. The molecule has 5 heteroatoms. The van der Waals surface area contributed by atoms with Crippen molar-refractivity contribution in [3.63, 3.8) is 0 Å². The molecule has 1 heterocycles. The number of aryl methyl sites for hydroxylation is 3. The van der Waals surface area contributed by atoms with Crippen molar-refractivity contribution in [2.45, 2.75) is 20.3 Å². The van der Waals surface area contributed by atoms with Gasteiger partial charge < -0.3 is 4.57 Å². The zero-order valence-electron chi connectivity index (χ0n) is 14.1. The molecule has 1 amide bonds. The number of hydrogen-bond acceptors (Lipinski definition) is 3. The molecule has 24 heavy (non-hydrogen) atoms. The fourth-order valence-electron chi connectivity index (χ4n) is 2.68. The lowest BCUT2D eigenvalue weighted by molar-refractivity contribution is -0.120. The van der Waals surface area contributed by atoms with Crippen molar-refractivity contribution in [1.29, 1.82) is 0 Å². The fourth-order valence-corrected chi connectivity index (χ4v) is 2.68. The highest BCUT2D eigenvalue weighted by Crippen LogP contribution is 2.14. The Bertz CT molecular complexity index is 924. The maximum absolute atomic E-state index is 12.1. The van der Waals surface area contributed by atoms with Gasteiger partial charge in [0.1, 0.15) is 5.82 Å². The number of aromatic nitrogens is 2. The molecule has 1 N–H and O–H groups in total. The third-order valence-corrected chi connectivity index (χ3v) is 4.02. The lowest BCUT2D eigenvalue weighted by Gasteiger charge is -2.03. The van der Waals surface area contributed by atoms with Crippen LogP contribution in [0.15, 0.2) is 47.6 Å².